The second-order valence-corrected chi connectivity index (χ2v) is 8.00. The zero-order valence-corrected chi connectivity index (χ0v) is 16.7. The van der Waals surface area contributed by atoms with Crippen LogP contribution in [0.3, 0.4) is 0 Å². The predicted octanol–water partition coefficient (Wildman–Crippen LogP) is 3.23. The number of pyridine rings is 1. The van der Waals surface area contributed by atoms with Crippen molar-refractivity contribution >= 4 is 45.6 Å². The van der Waals surface area contributed by atoms with Crippen LogP contribution >= 0.6 is 24.8 Å². The first-order chi connectivity index (χ1) is 11.1. The Labute approximate surface area is 162 Å². The molecule has 25 heavy (non-hydrogen) atoms. The topological polar surface area (TPSA) is 62.3 Å². The molecule has 8 heteroatoms. The normalized spacial score (nSPS) is 19.8. The summed E-state index contributed by atoms with van der Waals surface area (Å²) in [6.45, 7) is 4.21. The fourth-order valence-electron chi connectivity index (χ4n) is 3.04. The molecule has 0 radical (unpaired) electrons. The smallest absolute Gasteiger partial charge is 0.243 e. The number of nitrogens with zero attached hydrogens (tertiary/aromatic N) is 2. The molecule has 1 aliphatic rings. The minimum Gasteiger partial charge on any atom is -0.315 e. The first-order valence-corrected chi connectivity index (χ1v) is 9.59. The molecular formula is C17H25Cl2N3O2S. The number of nitrogens with one attached hydrogen (secondary N) is 1. The van der Waals surface area contributed by atoms with Crippen molar-refractivity contribution in [1.29, 1.82) is 0 Å². The van der Waals surface area contributed by atoms with Gasteiger partial charge < -0.3 is 5.32 Å². The van der Waals surface area contributed by atoms with E-state index in [0.717, 1.165) is 36.6 Å². The number of aromatic nitrogens is 1. The first kappa shape index (κ1) is 22.1. The van der Waals surface area contributed by atoms with E-state index in [9.17, 15) is 8.42 Å². The van der Waals surface area contributed by atoms with Gasteiger partial charge in [0, 0.05) is 36.9 Å². The zero-order chi connectivity index (χ0) is 16.3. The Bertz CT molecular complexity index is 786. The summed E-state index contributed by atoms with van der Waals surface area (Å²) < 4.78 is 27.8. The Morgan fingerprint density at radius 3 is 2.72 bits per heavy atom. The van der Waals surface area contributed by atoms with E-state index in [1.165, 1.54) is 0 Å². The lowest BCUT2D eigenvalue weighted by molar-refractivity contribution is 0.330. The van der Waals surface area contributed by atoms with Crippen LogP contribution in [0, 0.1) is 0 Å². The lowest BCUT2D eigenvalue weighted by Crippen LogP contribution is -2.44. The Balaban J connectivity index is 0.00000156. The molecule has 5 nitrogen and oxygen atoms in total. The van der Waals surface area contributed by atoms with Crippen molar-refractivity contribution in [3.63, 3.8) is 0 Å². The Morgan fingerprint density at radius 1 is 1.12 bits per heavy atom. The largest absolute Gasteiger partial charge is 0.315 e. The standard InChI is InChI=1S/C17H23N3O2S.2ClH/c1-14-12-18-8-3-2-4-10-20(14)23(21,22)17-6-5-16-13-19-9-7-15(16)11-17;;/h5-7,9,11,13-14,18H,2-4,8,10,12H2,1H3;2*1H/t14-;;/m0../s1. The van der Waals surface area contributed by atoms with Crippen molar-refractivity contribution in [1.82, 2.24) is 14.6 Å². The average molecular weight is 406 g/mol. The molecule has 1 saturated heterocycles. The average Bonchev–Trinajstić information content (AvgIpc) is 2.66. The maximum atomic E-state index is 13.1. The third kappa shape index (κ3) is 5.05. The van der Waals surface area contributed by atoms with Crippen molar-refractivity contribution in [2.45, 2.75) is 37.1 Å². The molecule has 0 saturated carbocycles. The minimum absolute atomic E-state index is 0. The first-order valence-electron chi connectivity index (χ1n) is 8.15. The summed E-state index contributed by atoms with van der Waals surface area (Å²) in [5, 5.41) is 5.19. The van der Waals surface area contributed by atoms with Gasteiger partial charge in [-0.3, -0.25) is 4.98 Å². The fraction of sp³-hybridized carbons (Fsp3) is 0.471. The van der Waals surface area contributed by atoms with Crippen LogP contribution in [0.4, 0.5) is 0 Å². The molecule has 1 atom stereocenters. The summed E-state index contributed by atoms with van der Waals surface area (Å²) in [6.07, 6.45) is 6.49. The highest BCUT2D eigenvalue weighted by atomic mass is 35.5. The Hall–Kier alpha value is -0.920. The van der Waals surface area contributed by atoms with Crippen LogP contribution in [0.1, 0.15) is 26.2 Å². The summed E-state index contributed by atoms with van der Waals surface area (Å²) in [6, 6.07) is 7.06. The van der Waals surface area contributed by atoms with E-state index in [1.807, 2.05) is 19.1 Å². The van der Waals surface area contributed by atoms with Gasteiger partial charge in [0.2, 0.25) is 10.0 Å². The molecule has 0 aliphatic carbocycles. The molecular weight excluding hydrogens is 381 g/mol. The van der Waals surface area contributed by atoms with Crippen LogP contribution < -0.4 is 5.32 Å². The monoisotopic (exact) mass is 405 g/mol. The van der Waals surface area contributed by atoms with Gasteiger partial charge in [-0.05, 0) is 49.9 Å². The van der Waals surface area contributed by atoms with E-state index < -0.39 is 10.0 Å². The van der Waals surface area contributed by atoms with Crippen LogP contribution in [-0.4, -0.2) is 43.4 Å². The summed E-state index contributed by atoms with van der Waals surface area (Å²) >= 11 is 0. The second kappa shape index (κ2) is 9.69. The Morgan fingerprint density at radius 2 is 1.92 bits per heavy atom. The highest BCUT2D eigenvalue weighted by Gasteiger charge is 2.29. The van der Waals surface area contributed by atoms with Crippen LogP contribution in [0.2, 0.25) is 0 Å². The third-order valence-corrected chi connectivity index (χ3v) is 6.39. The minimum atomic E-state index is -3.49. The zero-order valence-electron chi connectivity index (χ0n) is 14.2. The predicted molar refractivity (Wildman–Crippen MR) is 106 cm³/mol. The fourth-order valence-corrected chi connectivity index (χ4v) is 4.75. The summed E-state index contributed by atoms with van der Waals surface area (Å²) in [5.74, 6) is 0. The molecule has 3 rings (SSSR count). The van der Waals surface area contributed by atoms with Crippen LogP contribution in [0.15, 0.2) is 41.6 Å². The molecule has 0 spiro atoms. The van der Waals surface area contributed by atoms with E-state index >= 15 is 0 Å². The summed E-state index contributed by atoms with van der Waals surface area (Å²) in [4.78, 5) is 4.43. The van der Waals surface area contributed by atoms with Gasteiger partial charge in [0.05, 0.1) is 4.90 Å². The molecule has 0 unspecified atom stereocenters. The summed E-state index contributed by atoms with van der Waals surface area (Å²) in [5.41, 5.74) is 0. The van der Waals surface area contributed by atoms with E-state index in [0.29, 0.717) is 18.0 Å². The van der Waals surface area contributed by atoms with Crippen LogP contribution in [-0.2, 0) is 10.0 Å². The van der Waals surface area contributed by atoms with Crippen molar-refractivity contribution in [3.8, 4) is 0 Å². The van der Waals surface area contributed by atoms with Gasteiger partial charge in [-0.2, -0.15) is 4.31 Å². The molecule has 1 aromatic heterocycles. The Kier molecular flexibility index (Phi) is 8.57. The maximum absolute atomic E-state index is 13.1. The van der Waals surface area contributed by atoms with Crippen molar-refractivity contribution in [3.05, 3.63) is 36.7 Å². The van der Waals surface area contributed by atoms with Crippen LogP contribution in [0.25, 0.3) is 10.8 Å². The quantitative estimate of drug-likeness (QED) is 0.832. The number of halogens is 2. The number of fused-ring (bicyclic) bond motifs is 1. The number of rotatable bonds is 2. The molecule has 0 bridgehead atoms. The molecule has 2 heterocycles. The van der Waals surface area contributed by atoms with Gasteiger partial charge in [0.1, 0.15) is 0 Å². The second-order valence-electron chi connectivity index (χ2n) is 6.11. The number of benzene rings is 1. The van der Waals surface area contributed by atoms with Gasteiger partial charge in [-0.15, -0.1) is 24.8 Å². The van der Waals surface area contributed by atoms with Gasteiger partial charge in [-0.1, -0.05) is 12.5 Å². The van der Waals surface area contributed by atoms with Crippen molar-refractivity contribution in [2.24, 2.45) is 0 Å². The molecule has 1 aliphatic heterocycles. The van der Waals surface area contributed by atoms with Crippen molar-refractivity contribution < 1.29 is 8.42 Å². The lowest BCUT2D eigenvalue weighted by atomic mass is 10.2. The van der Waals surface area contributed by atoms with E-state index in [-0.39, 0.29) is 30.9 Å². The molecule has 1 N–H and O–H groups in total. The van der Waals surface area contributed by atoms with Crippen molar-refractivity contribution in [2.75, 3.05) is 19.6 Å². The number of hydrogen-bond acceptors (Lipinski definition) is 4. The van der Waals surface area contributed by atoms with E-state index in [4.69, 9.17) is 0 Å². The molecule has 2 aromatic rings. The molecule has 1 fully saturated rings. The van der Waals surface area contributed by atoms with E-state index in [1.54, 1.807) is 28.8 Å². The molecule has 140 valence electrons. The summed E-state index contributed by atoms with van der Waals surface area (Å²) in [7, 11) is -3.49. The van der Waals surface area contributed by atoms with Gasteiger partial charge in [-0.25, -0.2) is 8.42 Å². The SMILES string of the molecule is C[C@H]1CNCCCCCN1S(=O)(=O)c1ccc2cnccc2c1.Cl.Cl. The third-order valence-electron chi connectivity index (χ3n) is 4.38. The van der Waals surface area contributed by atoms with Crippen LogP contribution in [0.5, 0.6) is 0 Å². The van der Waals surface area contributed by atoms with Gasteiger partial charge in [0.25, 0.3) is 0 Å². The number of hydrogen-bond donors (Lipinski definition) is 1. The highest BCUT2D eigenvalue weighted by Crippen LogP contribution is 2.23. The molecule has 0 amide bonds. The number of sulfonamides is 1. The lowest BCUT2D eigenvalue weighted by Gasteiger charge is -2.28. The highest BCUT2D eigenvalue weighted by molar-refractivity contribution is 7.89. The maximum Gasteiger partial charge on any atom is 0.243 e. The van der Waals surface area contributed by atoms with E-state index in [2.05, 4.69) is 10.3 Å². The van der Waals surface area contributed by atoms with Gasteiger partial charge in [0.15, 0.2) is 0 Å². The van der Waals surface area contributed by atoms with Gasteiger partial charge >= 0.3 is 0 Å². The molecule has 1 aromatic carbocycles.